The smallest absolute Gasteiger partial charge is 0.218 e. The molecule has 0 atom stereocenters. The summed E-state index contributed by atoms with van der Waals surface area (Å²) in [6, 6.07) is 19.5. The second-order valence-electron chi connectivity index (χ2n) is 8.38. The summed E-state index contributed by atoms with van der Waals surface area (Å²) in [7, 11) is 0. The molecule has 4 rings (SSSR count). The van der Waals surface area contributed by atoms with E-state index in [1.807, 2.05) is 12.3 Å². The quantitative estimate of drug-likeness (QED) is 0.438. The van der Waals surface area contributed by atoms with Crippen LogP contribution in [0.5, 0.6) is 0 Å². The fourth-order valence-electron chi connectivity index (χ4n) is 3.71. The summed E-state index contributed by atoms with van der Waals surface area (Å²) in [5.41, 5.74) is 8.28. The Balaban J connectivity index is 2.10. The number of rotatable bonds is 2. The van der Waals surface area contributed by atoms with Crippen LogP contribution in [0.25, 0.3) is 27.8 Å². The molecule has 3 heteroatoms. The van der Waals surface area contributed by atoms with Crippen LogP contribution in [-0.2, 0) is 5.41 Å². The lowest BCUT2D eigenvalue weighted by Gasteiger charge is -2.22. The first kappa shape index (κ1) is 18.3. The molecule has 3 nitrogen and oxygen atoms in total. The Labute approximate surface area is 166 Å². The summed E-state index contributed by atoms with van der Waals surface area (Å²) in [5, 5.41) is 1.23. The molecule has 0 bridgehead atoms. The SMILES string of the molecule is Cc1c(-c2ccncn2)cc(C(C)(C)C)cc1-[n+]1c(C)ccc2ccccc21. The molecule has 0 aliphatic carbocycles. The number of aryl methyl sites for hydroxylation is 1. The van der Waals surface area contributed by atoms with Crippen LogP contribution in [0.15, 0.2) is 67.1 Å². The fraction of sp³-hybridized carbons (Fsp3) is 0.240. The summed E-state index contributed by atoms with van der Waals surface area (Å²) in [6.45, 7) is 11.1. The van der Waals surface area contributed by atoms with E-state index in [1.165, 1.54) is 33.4 Å². The largest absolute Gasteiger partial charge is 0.245 e. The van der Waals surface area contributed by atoms with E-state index in [9.17, 15) is 0 Å². The van der Waals surface area contributed by atoms with Gasteiger partial charge in [0.25, 0.3) is 0 Å². The van der Waals surface area contributed by atoms with Crippen LogP contribution >= 0.6 is 0 Å². The van der Waals surface area contributed by atoms with Crippen LogP contribution in [-0.4, -0.2) is 9.97 Å². The second kappa shape index (κ2) is 6.83. The lowest BCUT2D eigenvalue weighted by Crippen LogP contribution is -2.36. The highest BCUT2D eigenvalue weighted by molar-refractivity contribution is 5.76. The molecule has 0 aliphatic heterocycles. The van der Waals surface area contributed by atoms with E-state index in [-0.39, 0.29) is 5.41 Å². The molecule has 0 aliphatic rings. The number of pyridine rings is 1. The molecule has 2 aromatic carbocycles. The van der Waals surface area contributed by atoms with Crippen molar-refractivity contribution >= 4 is 10.9 Å². The van der Waals surface area contributed by atoms with E-state index in [2.05, 4.69) is 97.7 Å². The van der Waals surface area contributed by atoms with Crippen molar-refractivity contribution in [2.75, 3.05) is 0 Å². The molecule has 0 fully saturated rings. The van der Waals surface area contributed by atoms with Gasteiger partial charge in [-0.3, -0.25) is 0 Å². The zero-order valence-corrected chi connectivity index (χ0v) is 17.2. The van der Waals surface area contributed by atoms with Crippen LogP contribution in [0.2, 0.25) is 0 Å². The molecule has 0 saturated carbocycles. The Morgan fingerprint density at radius 3 is 2.39 bits per heavy atom. The highest BCUT2D eigenvalue weighted by Gasteiger charge is 2.25. The predicted molar refractivity (Wildman–Crippen MR) is 115 cm³/mol. The molecule has 140 valence electrons. The standard InChI is InChI=1S/C25H26N3/c1-17-10-11-19-8-6-7-9-23(19)28(17)24-15-20(25(3,4)5)14-21(18(24)2)22-12-13-26-16-27-22/h6-16H,1-5H3/q+1. The van der Waals surface area contributed by atoms with Gasteiger partial charge in [-0.15, -0.1) is 0 Å². The summed E-state index contributed by atoms with van der Waals surface area (Å²) in [5.74, 6) is 0. The third kappa shape index (κ3) is 3.18. The normalized spacial score (nSPS) is 11.8. The van der Waals surface area contributed by atoms with Crippen LogP contribution in [0.4, 0.5) is 0 Å². The van der Waals surface area contributed by atoms with E-state index < -0.39 is 0 Å². The van der Waals surface area contributed by atoms with Gasteiger partial charge in [0.15, 0.2) is 5.69 Å². The zero-order valence-electron chi connectivity index (χ0n) is 17.2. The first-order chi connectivity index (χ1) is 13.4. The summed E-state index contributed by atoms with van der Waals surface area (Å²) in [4.78, 5) is 8.62. The predicted octanol–water partition coefficient (Wildman–Crippen LogP) is 5.49. The van der Waals surface area contributed by atoms with E-state index in [0.29, 0.717) is 0 Å². The third-order valence-electron chi connectivity index (χ3n) is 5.38. The van der Waals surface area contributed by atoms with Crippen LogP contribution in [0, 0.1) is 13.8 Å². The molecular weight excluding hydrogens is 342 g/mol. The molecule has 0 N–H and O–H groups in total. The number of para-hydroxylation sites is 1. The third-order valence-corrected chi connectivity index (χ3v) is 5.38. The Morgan fingerprint density at radius 2 is 1.68 bits per heavy atom. The van der Waals surface area contributed by atoms with Crippen molar-refractivity contribution in [2.24, 2.45) is 0 Å². The molecule has 2 heterocycles. The van der Waals surface area contributed by atoms with Crippen molar-refractivity contribution in [2.45, 2.75) is 40.0 Å². The molecule has 0 radical (unpaired) electrons. The number of benzene rings is 2. The van der Waals surface area contributed by atoms with Crippen molar-refractivity contribution in [1.29, 1.82) is 0 Å². The van der Waals surface area contributed by atoms with Gasteiger partial charge in [0.1, 0.15) is 6.33 Å². The number of hydrogen-bond acceptors (Lipinski definition) is 2. The van der Waals surface area contributed by atoms with E-state index >= 15 is 0 Å². The van der Waals surface area contributed by atoms with Gasteiger partial charge in [0.05, 0.1) is 5.69 Å². The van der Waals surface area contributed by atoms with Crippen molar-refractivity contribution in [3.05, 3.63) is 83.9 Å². The van der Waals surface area contributed by atoms with Crippen molar-refractivity contribution in [3.8, 4) is 16.9 Å². The highest BCUT2D eigenvalue weighted by Crippen LogP contribution is 2.32. The number of hydrogen-bond donors (Lipinski definition) is 0. The Kier molecular flexibility index (Phi) is 4.46. The maximum atomic E-state index is 4.53. The van der Waals surface area contributed by atoms with E-state index in [4.69, 9.17) is 0 Å². The maximum Gasteiger partial charge on any atom is 0.218 e. The first-order valence-electron chi connectivity index (χ1n) is 9.68. The van der Waals surface area contributed by atoms with Gasteiger partial charge in [-0.2, -0.15) is 4.57 Å². The van der Waals surface area contributed by atoms with Gasteiger partial charge in [-0.25, -0.2) is 9.97 Å². The Bertz CT molecular complexity index is 1160. The minimum absolute atomic E-state index is 0.0310. The molecule has 0 amide bonds. The average Bonchev–Trinajstić information content (AvgIpc) is 2.68. The second-order valence-corrected chi connectivity index (χ2v) is 8.38. The lowest BCUT2D eigenvalue weighted by atomic mass is 9.84. The molecule has 0 unspecified atom stereocenters. The fourth-order valence-corrected chi connectivity index (χ4v) is 3.71. The van der Waals surface area contributed by atoms with Crippen molar-refractivity contribution in [1.82, 2.24) is 9.97 Å². The van der Waals surface area contributed by atoms with Crippen LogP contribution in [0.3, 0.4) is 0 Å². The van der Waals surface area contributed by atoms with E-state index in [0.717, 1.165) is 11.3 Å². The van der Waals surface area contributed by atoms with Gasteiger partial charge < -0.3 is 0 Å². The number of nitrogens with zero attached hydrogens (tertiary/aromatic N) is 3. The molecule has 4 aromatic rings. The minimum atomic E-state index is 0.0310. The van der Waals surface area contributed by atoms with Gasteiger partial charge in [0, 0.05) is 47.8 Å². The molecule has 28 heavy (non-hydrogen) atoms. The van der Waals surface area contributed by atoms with E-state index in [1.54, 1.807) is 6.33 Å². The maximum absolute atomic E-state index is 4.53. The van der Waals surface area contributed by atoms with Crippen molar-refractivity contribution in [3.63, 3.8) is 0 Å². The van der Waals surface area contributed by atoms with Crippen LogP contribution in [0.1, 0.15) is 37.6 Å². The van der Waals surface area contributed by atoms with Gasteiger partial charge >= 0.3 is 0 Å². The summed E-state index contributed by atoms with van der Waals surface area (Å²) >= 11 is 0. The topological polar surface area (TPSA) is 29.7 Å². The van der Waals surface area contributed by atoms with Gasteiger partial charge in [-0.1, -0.05) is 32.9 Å². The van der Waals surface area contributed by atoms with Gasteiger partial charge in [-0.05, 0) is 42.2 Å². The monoisotopic (exact) mass is 368 g/mol. The average molecular weight is 369 g/mol. The molecule has 0 saturated heterocycles. The molecule has 0 spiro atoms. The molecular formula is C25H26N3+. The number of aromatic nitrogens is 3. The van der Waals surface area contributed by atoms with Crippen LogP contribution < -0.4 is 4.57 Å². The van der Waals surface area contributed by atoms with Gasteiger partial charge in [0.2, 0.25) is 11.2 Å². The zero-order chi connectivity index (χ0) is 19.9. The number of fused-ring (bicyclic) bond motifs is 1. The lowest BCUT2D eigenvalue weighted by molar-refractivity contribution is -0.574. The minimum Gasteiger partial charge on any atom is -0.245 e. The summed E-state index contributed by atoms with van der Waals surface area (Å²) < 4.78 is 2.37. The Morgan fingerprint density at radius 1 is 0.893 bits per heavy atom. The molecule has 2 aromatic heterocycles. The summed E-state index contributed by atoms with van der Waals surface area (Å²) in [6.07, 6.45) is 3.43. The first-order valence-corrected chi connectivity index (χ1v) is 9.68. The van der Waals surface area contributed by atoms with Crippen molar-refractivity contribution < 1.29 is 4.57 Å². The highest BCUT2D eigenvalue weighted by atomic mass is 15.0. The Hall–Kier alpha value is -3.07.